The lowest BCUT2D eigenvalue weighted by Gasteiger charge is -2.17. The molecule has 33 heavy (non-hydrogen) atoms. The number of carbonyl (C=O) groups excluding carboxylic acids is 1. The highest BCUT2D eigenvalue weighted by molar-refractivity contribution is 7.90. The van der Waals surface area contributed by atoms with E-state index in [-0.39, 0.29) is 21.9 Å². The van der Waals surface area contributed by atoms with Gasteiger partial charge in [0.25, 0.3) is 0 Å². The topological polar surface area (TPSA) is 112 Å². The summed E-state index contributed by atoms with van der Waals surface area (Å²) in [6.07, 6.45) is 2.76. The molecule has 0 aliphatic rings. The van der Waals surface area contributed by atoms with Crippen LogP contribution in [0, 0.1) is 6.92 Å². The molecule has 2 aromatic rings. The third-order valence-corrected chi connectivity index (χ3v) is 8.64. The van der Waals surface area contributed by atoms with Crippen molar-refractivity contribution in [1.82, 2.24) is 9.78 Å². The Morgan fingerprint density at radius 2 is 1.70 bits per heavy atom. The zero-order chi connectivity index (χ0) is 25.3. The molecule has 0 N–H and O–H groups in total. The molecule has 1 heterocycles. The van der Waals surface area contributed by atoms with Gasteiger partial charge < -0.3 is 4.18 Å². The van der Waals surface area contributed by atoms with E-state index in [1.165, 1.54) is 29.9 Å². The molecule has 0 aliphatic heterocycles. The van der Waals surface area contributed by atoms with Crippen molar-refractivity contribution in [2.45, 2.75) is 71.6 Å². The summed E-state index contributed by atoms with van der Waals surface area (Å²) in [6, 6.07) is 2.87. The first-order valence-corrected chi connectivity index (χ1v) is 14.0. The second kappa shape index (κ2) is 9.80. The average molecular weight is 497 g/mol. The minimum Gasteiger partial charge on any atom is -0.361 e. The summed E-state index contributed by atoms with van der Waals surface area (Å²) in [5.41, 5.74) is 2.87. The molecule has 2 rings (SSSR count). The summed E-state index contributed by atoms with van der Waals surface area (Å²) >= 11 is 0. The van der Waals surface area contributed by atoms with Crippen LogP contribution in [0.4, 0.5) is 0 Å². The van der Waals surface area contributed by atoms with E-state index >= 15 is 0 Å². The summed E-state index contributed by atoms with van der Waals surface area (Å²) in [5.74, 6) is -0.640. The van der Waals surface area contributed by atoms with Crippen LogP contribution in [0.15, 0.2) is 28.8 Å². The highest BCUT2D eigenvalue weighted by atomic mass is 32.2. The molecular formula is C23H32N2O6S2. The van der Waals surface area contributed by atoms with Gasteiger partial charge in [-0.1, -0.05) is 12.5 Å². The average Bonchev–Trinajstić information content (AvgIpc) is 3.12. The van der Waals surface area contributed by atoms with E-state index in [2.05, 4.69) is 5.10 Å². The predicted molar refractivity (Wildman–Crippen MR) is 129 cm³/mol. The zero-order valence-electron chi connectivity index (χ0n) is 20.4. The van der Waals surface area contributed by atoms with Gasteiger partial charge in [-0.3, -0.25) is 4.79 Å². The number of ketones is 1. The van der Waals surface area contributed by atoms with Crippen molar-refractivity contribution >= 4 is 31.3 Å². The van der Waals surface area contributed by atoms with E-state index in [9.17, 15) is 21.6 Å². The lowest BCUT2D eigenvalue weighted by atomic mass is 9.91. The second-order valence-corrected chi connectivity index (χ2v) is 12.3. The summed E-state index contributed by atoms with van der Waals surface area (Å²) in [6.45, 7) is 12.5. The monoisotopic (exact) mass is 496 g/mol. The van der Waals surface area contributed by atoms with Gasteiger partial charge in [0.2, 0.25) is 5.88 Å². The van der Waals surface area contributed by atoms with Gasteiger partial charge >= 0.3 is 10.1 Å². The minimum absolute atomic E-state index is 0.000244. The smallest absolute Gasteiger partial charge is 0.313 e. The largest absolute Gasteiger partial charge is 0.361 e. The lowest BCUT2D eigenvalue weighted by Crippen LogP contribution is -2.24. The molecule has 0 bridgehead atoms. The molecule has 1 aromatic heterocycles. The van der Waals surface area contributed by atoms with E-state index < -0.39 is 31.0 Å². The van der Waals surface area contributed by atoms with Gasteiger partial charge in [0.15, 0.2) is 15.6 Å². The number of nitrogens with zero attached hydrogens (tertiary/aromatic N) is 2. The molecule has 8 nitrogen and oxygen atoms in total. The molecule has 0 saturated carbocycles. The Balaban J connectivity index is 2.75. The maximum atomic E-state index is 13.6. The molecule has 1 atom stereocenters. The molecule has 0 aliphatic carbocycles. The van der Waals surface area contributed by atoms with Crippen molar-refractivity contribution < 1.29 is 25.8 Å². The van der Waals surface area contributed by atoms with Gasteiger partial charge in [-0.2, -0.15) is 13.5 Å². The number of hydrogen-bond acceptors (Lipinski definition) is 7. The summed E-state index contributed by atoms with van der Waals surface area (Å²) < 4.78 is 56.7. The summed E-state index contributed by atoms with van der Waals surface area (Å²) in [7, 11) is -7.53. The number of sulfone groups is 1. The quantitative estimate of drug-likeness (QED) is 0.378. The zero-order valence-corrected chi connectivity index (χ0v) is 22.0. The third-order valence-electron chi connectivity index (χ3n) is 5.79. The number of hydrogen-bond donors (Lipinski definition) is 0. The van der Waals surface area contributed by atoms with Crippen molar-refractivity contribution in [1.29, 1.82) is 0 Å². The molecule has 0 spiro atoms. The maximum Gasteiger partial charge on any atom is 0.313 e. The van der Waals surface area contributed by atoms with Crippen LogP contribution in [0.25, 0.3) is 5.57 Å². The van der Waals surface area contributed by atoms with Crippen molar-refractivity contribution in [2.75, 3.05) is 6.26 Å². The number of carbonyl (C=O) groups is 1. The van der Waals surface area contributed by atoms with Crippen LogP contribution in [0.2, 0.25) is 0 Å². The number of aromatic nitrogens is 2. The molecule has 0 radical (unpaired) electrons. The molecule has 1 aromatic carbocycles. The molecule has 182 valence electrons. The van der Waals surface area contributed by atoms with Gasteiger partial charge in [-0.15, -0.1) is 0 Å². The van der Waals surface area contributed by atoms with Crippen LogP contribution in [-0.2, 0) is 26.5 Å². The second-order valence-electron chi connectivity index (χ2n) is 8.31. The van der Waals surface area contributed by atoms with E-state index in [1.54, 1.807) is 20.8 Å². The van der Waals surface area contributed by atoms with Gasteiger partial charge in [0.05, 0.1) is 16.3 Å². The summed E-state index contributed by atoms with van der Waals surface area (Å²) in [4.78, 5) is 13.7. The van der Waals surface area contributed by atoms with Gasteiger partial charge in [-0.05, 0) is 76.8 Å². The van der Waals surface area contributed by atoms with E-state index in [0.29, 0.717) is 24.1 Å². The standard InChI is InChI=1S/C23H32N2O6S2/c1-9-15(5)33(29,30)31-23-19(13-24-25(23)10-2)22(26)18-11-12-20(32(8,27)28)21(17(18)7)16(6)14(3)4/h11-13,15H,9-10H2,1-8H3. The molecule has 0 fully saturated rings. The predicted octanol–water partition coefficient (Wildman–Crippen LogP) is 4.17. The van der Waals surface area contributed by atoms with Crippen LogP contribution < -0.4 is 4.18 Å². The molecular weight excluding hydrogens is 464 g/mol. The van der Waals surface area contributed by atoms with Crippen LogP contribution in [0.1, 0.15) is 75.0 Å². The van der Waals surface area contributed by atoms with E-state index in [4.69, 9.17) is 4.18 Å². The van der Waals surface area contributed by atoms with Crippen LogP contribution >= 0.6 is 0 Å². The van der Waals surface area contributed by atoms with Gasteiger partial charge in [0, 0.05) is 18.4 Å². The van der Waals surface area contributed by atoms with Crippen molar-refractivity contribution in [3.8, 4) is 5.88 Å². The Bertz CT molecular complexity index is 1310. The number of aryl methyl sites for hydroxylation is 1. The first-order chi connectivity index (χ1) is 15.2. The fraction of sp³-hybridized carbons (Fsp3) is 0.478. The fourth-order valence-corrected chi connectivity index (χ4v) is 5.30. The van der Waals surface area contributed by atoms with Crippen molar-refractivity contribution in [3.05, 3.63) is 46.2 Å². The number of rotatable bonds is 9. The molecule has 0 saturated heterocycles. The fourth-order valence-electron chi connectivity index (χ4n) is 3.34. The molecule has 1 unspecified atom stereocenters. The Labute approximate surface area is 196 Å². The third kappa shape index (κ3) is 5.38. The first kappa shape index (κ1) is 26.8. The Kier molecular flexibility index (Phi) is 7.96. The maximum absolute atomic E-state index is 13.6. The highest BCUT2D eigenvalue weighted by Crippen LogP contribution is 2.33. The Hall–Kier alpha value is -2.46. The highest BCUT2D eigenvalue weighted by Gasteiger charge is 2.30. The lowest BCUT2D eigenvalue weighted by molar-refractivity contribution is 0.103. The summed E-state index contributed by atoms with van der Waals surface area (Å²) in [5, 5.41) is 3.36. The number of benzene rings is 1. The van der Waals surface area contributed by atoms with Gasteiger partial charge in [0.1, 0.15) is 5.56 Å². The first-order valence-electron chi connectivity index (χ1n) is 10.7. The SMILES string of the molecule is CCC(C)S(=O)(=O)Oc1c(C(=O)c2ccc(S(C)(=O)=O)c(C(C)=C(C)C)c2C)cnn1CC. The molecule has 10 heteroatoms. The van der Waals surface area contributed by atoms with Crippen LogP contribution in [0.5, 0.6) is 5.88 Å². The van der Waals surface area contributed by atoms with Gasteiger partial charge in [-0.25, -0.2) is 13.1 Å². The Morgan fingerprint density at radius 1 is 1.09 bits per heavy atom. The molecule has 0 amide bonds. The van der Waals surface area contributed by atoms with Crippen LogP contribution in [0.3, 0.4) is 0 Å². The van der Waals surface area contributed by atoms with Crippen molar-refractivity contribution in [3.63, 3.8) is 0 Å². The number of allylic oxidation sites excluding steroid dienone is 2. The van der Waals surface area contributed by atoms with Crippen LogP contribution in [-0.4, -0.2) is 43.9 Å². The van der Waals surface area contributed by atoms with E-state index in [1.807, 2.05) is 20.8 Å². The Morgan fingerprint density at radius 3 is 2.18 bits per heavy atom. The van der Waals surface area contributed by atoms with E-state index in [0.717, 1.165) is 17.4 Å². The van der Waals surface area contributed by atoms with Crippen molar-refractivity contribution in [2.24, 2.45) is 0 Å². The normalized spacial score (nSPS) is 13.0. The minimum atomic E-state index is -3.97.